The molecule has 8 heteroatoms. The van der Waals surface area contributed by atoms with Gasteiger partial charge in [-0.15, -0.1) is 0 Å². The fraction of sp³-hybridized carbons (Fsp3) is 0.278. The van der Waals surface area contributed by atoms with Gasteiger partial charge in [0.2, 0.25) is 0 Å². The van der Waals surface area contributed by atoms with Crippen molar-refractivity contribution in [1.82, 2.24) is 9.38 Å². The van der Waals surface area contributed by atoms with Crippen LogP contribution in [0.3, 0.4) is 0 Å². The van der Waals surface area contributed by atoms with E-state index in [9.17, 15) is 13.2 Å². The number of pyridine rings is 1. The summed E-state index contributed by atoms with van der Waals surface area (Å²) < 4.78 is 51.1. The van der Waals surface area contributed by atoms with Crippen molar-refractivity contribution in [3.63, 3.8) is 0 Å². The Bertz CT molecular complexity index is 935. The van der Waals surface area contributed by atoms with Gasteiger partial charge < -0.3 is 19.6 Å². The predicted octanol–water partition coefficient (Wildman–Crippen LogP) is 3.54. The van der Waals surface area contributed by atoms with E-state index in [0.29, 0.717) is 40.5 Å². The molecule has 0 bridgehead atoms. The van der Waals surface area contributed by atoms with E-state index in [1.165, 1.54) is 24.7 Å². The van der Waals surface area contributed by atoms with E-state index >= 15 is 0 Å². The largest absolute Gasteiger partial charge is 0.493 e. The summed E-state index contributed by atoms with van der Waals surface area (Å²) in [6, 6.07) is 7.63. The number of benzene rings is 1. The summed E-state index contributed by atoms with van der Waals surface area (Å²) in [5.74, 6) is 1.07. The van der Waals surface area contributed by atoms with Gasteiger partial charge in [-0.05, 0) is 36.9 Å². The number of fused-ring (bicyclic) bond motifs is 1. The maximum atomic E-state index is 13.1. The molecule has 0 fully saturated rings. The van der Waals surface area contributed by atoms with Crippen LogP contribution in [0.15, 0.2) is 36.5 Å². The Morgan fingerprint density at radius 1 is 1.08 bits per heavy atom. The van der Waals surface area contributed by atoms with E-state index in [2.05, 4.69) is 4.98 Å². The Morgan fingerprint density at radius 3 is 2.42 bits per heavy atom. The molecule has 2 N–H and O–H groups in total. The molecule has 5 nitrogen and oxygen atoms in total. The van der Waals surface area contributed by atoms with Gasteiger partial charge in [0.05, 0.1) is 31.2 Å². The van der Waals surface area contributed by atoms with Crippen molar-refractivity contribution in [2.45, 2.75) is 12.6 Å². The van der Waals surface area contributed by atoms with E-state index in [-0.39, 0.29) is 6.54 Å². The van der Waals surface area contributed by atoms with Crippen LogP contribution in [0.2, 0.25) is 0 Å². The van der Waals surface area contributed by atoms with Gasteiger partial charge >= 0.3 is 6.18 Å². The van der Waals surface area contributed by atoms with E-state index < -0.39 is 11.7 Å². The van der Waals surface area contributed by atoms with Crippen molar-refractivity contribution in [2.24, 2.45) is 5.73 Å². The molecule has 0 atom stereocenters. The normalized spacial score (nSPS) is 11.8. The third kappa shape index (κ3) is 3.20. The number of ether oxygens (including phenoxy) is 2. The average Bonchev–Trinajstić information content (AvgIpc) is 2.98. The first-order valence-corrected chi connectivity index (χ1v) is 7.89. The Labute approximate surface area is 148 Å². The van der Waals surface area contributed by atoms with Gasteiger partial charge in [-0.1, -0.05) is 0 Å². The molecule has 0 amide bonds. The number of hydrogen-bond acceptors (Lipinski definition) is 4. The number of rotatable bonds is 5. The molecule has 0 aliphatic rings. The van der Waals surface area contributed by atoms with Crippen molar-refractivity contribution >= 4 is 5.65 Å². The highest BCUT2D eigenvalue weighted by molar-refractivity contribution is 5.69. The van der Waals surface area contributed by atoms with Crippen molar-refractivity contribution in [3.05, 3.63) is 47.8 Å². The monoisotopic (exact) mass is 365 g/mol. The van der Waals surface area contributed by atoms with Gasteiger partial charge in [0, 0.05) is 18.2 Å². The Kier molecular flexibility index (Phi) is 4.78. The molecule has 2 heterocycles. The number of nitrogens with zero attached hydrogens (tertiary/aromatic N) is 2. The number of methoxy groups -OCH3 is 2. The fourth-order valence-corrected chi connectivity index (χ4v) is 2.85. The van der Waals surface area contributed by atoms with Crippen LogP contribution in [0.1, 0.15) is 11.3 Å². The second-order valence-electron chi connectivity index (χ2n) is 5.66. The van der Waals surface area contributed by atoms with Crippen LogP contribution in [0.5, 0.6) is 11.5 Å². The van der Waals surface area contributed by atoms with Gasteiger partial charge in [-0.25, -0.2) is 4.98 Å². The minimum Gasteiger partial charge on any atom is -0.493 e. The van der Waals surface area contributed by atoms with Crippen molar-refractivity contribution in [2.75, 3.05) is 20.8 Å². The topological polar surface area (TPSA) is 61.8 Å². The average molecular weight is 365 g/mol. The molecule has 3 aromatic rings. The minimum absolute atomic E-state index is 0.282. The molecule has 2 aromatic heterocycles. The number of halogens is 3. The van der Waals surface area contributed by atoms with Crippen LogP contribution < -0.4 is 15.2 Å². The summed E-state index contributed by atoms with van der Waals surface area (Å²) in [5, 5.41) is 0. The number of alkyl halides is 3. The summed E-state index contributed by atoms with van der Waals surface area (Å²) in [4.78, 5) is 4.50. The number of nitrogens with two attached hydrogens (primary N) is 1. The standard InChI is InChI=1S/C18H18F3N3O2/c1-25-14-5-3-11(9-15(14)26-2)17-13(7-8-22)24-10-12(18(19,20)21)4-6-16(24)23-17/h3-6,9-10H,7-8,22H2,1-2H3. The molecule has 0 saturated carbocycles. The second kappa shape index (κ2) is 6.87. The highest BCUT2D eigenvalue weighted by Gasteiger charge is 2.31. The maximum Gasteiger partial charge on any atom is 0.417 e. The summed E-state index contributed by atoms with van der Waals surface area (Å²) in [6.45, 7) is 0.282. The van der Waals surface area contributed by atoms with Gasteiger partial charge in [0.1, 0.15) is 5.65 Å². The molecular formula is C18H18F3N3O2. The van der Waals surface area contributed by atoms with E-state index in [4.69, 9.17) is 15.2 Å². The van der Waals surface area contributed by atoms with Gasteiger partial charge in [0.15, 0.2) is 11.5 Å². The molecule has 0 saturated heterocycles. The predicted molar refractivity (Wildman–Crippen MR) is 91.5 cm³/mol. The molecule has 0 spiro atoms. The lowest BCUT2D eigenvalue weighted by atomic mass is 10.1. The van der Waals surface area contributed by atoms with Crippen LogP contribution in [-0.4, -0.2) is 30.1 Å². The van der Waals surface area contributed by atoms with Gasteiger partial charge in [0.25, 0.3) is 0 Å². The third-order valence-corrected chi connectivity index (χ3v) is 4.08. The Hall–Kier alpha value is -2.74. The zero-order valence-corrected chi connectivity index (χ0v) is 14.3. The Balaban J connectivity index is 2.21. The fourth-order valence-electron chi connectivity index (χ4n) is 2.85. The lowest BCUT2D eigenvalue weighted by molar-refractivity contribution is -0.137. The lowest BCUT2D eigenvalue weighted by Gasteiger charge is -2.10. The molecular weight excluding hydrogens is 347 g/mol. The SMILES string of the molecule is COc1ccc(-c2nc3ccc(C(F)(F)F)cn3c2CCN)cc1OC. The van der Waals surface area contributed by atoms with E-state index in [1.807, 2.05) is 0 Å². The number of aromatic nitrogens is 2. The van der Waals surface area contributed by atoms with Gasteiger partial charge in [-0.2, -0.15) is 13.2 Å². The van der Waals surface area contributed by atoms with Crippen molar-refractivity contribution < 1.29 is 22.6 Å². The molecule has 0 unspecified atom stereocenters. The molecule has 1 aromatic carbocycles. The van der Waals surface area contributed by atoms with Crippen LogP contribution >= 0.6 is 0 Å². The molecule has 26 heavy (non-hydrogen) atoms. The zero-order chi connectivity index (χ0) is 18.9. The van der Waals surface area contributed by atoms with Crippen LogP contribution in [0.25, 0.3) is 16.9 Å². The van der Waals surface area contributed by atoms with E-state index in [0.717, 1.165) is 12.3 Å². The maximum absolute atomic E-state index is 13.1. The molecule has 0 aliphatic heterocycles. The molecule has 3 rings (SSSR count). The Morgan fingerprint density at radius 2 is 1.81 bits per heavy atom. The first-order chi connectivity index (χ1) is 12.4. The second-order valence-corrected chi connectivity index (χ2v) is 5.66. The van der Waals surface area contributed by atoms with Crippen molar-refractivity contribution in [1.29, 1.82) is 0 Å². The summed E-state index contributed by atoms with van der Waals surface area (Å²) >= 11 is 0. The zero-order valence-electron chi connectivity index (χ0n) is 14.3. The van der Waals surface area contributed by atoms with E-state index in [1.54, 1.807) is 18.2 Å². The number of imidazole rings is 1. The minimum atomic E-state index is -4.43. The lowest BCUT2D eigenvalue weighted by Crippen LogP contribution is -2.09. The summed E-state index contributed by atoms with van der Waals surface area (Å²) in [6.07, 6.45) is -2.99. The molecule has 138 valence electrons. The summed E-state index contributed by atoms with van der Waals surface area (Å²) in [5.41, 5.74) is 7.25. The highest BCUT2D eigenvalue weighted by atomic mass is 19.4. The third-order valence-electron chi connectivity index (χ3n) is 4.08. The van der Waals surface area contributed by atoms with Crippen LogP contribution in [0, 0.1) is 0 Å². The smallest absolute Gasteiger partial charge is 0.417 e. The summed E-state index contributed by atoms with van der Waals surface area (Å²) in [7, 11) is 3.04. The quantitative estimate of drug-likeness (QED) is 0.751. The molecule has 0 radical (unpaired) electrons. The van der Waals surface area contributed by atoms with Gasteiger partial charge in [-0.3, -0.25) is 0 Å². The first kappa shape index (κ1) is 18.1. The van der Waals surface area contributed by atoms with Crippen molar-refractivity contribution in [3.8, 4) is 22.8 Å². The van der Waals surface area contributed by atoms with Crippen LogP contribution in [-0.2, 0) is 12.6 Å². The number of hydrogen-bond donors (Lipinski definition) is 1. The highest BCUT2D eigenvalue weighted by Crippen LogP contribution is 2.35. The first-order valence-electron chi connectivity index (χ1n) is 7.89. The van der Waals surface area contributed by atoms with Crippen LogP contribution in [0.4, 0.5) is 13.2 Å². The molecule has 0 aliphatic carbocycles.